The molecule has 0 fully saturated rings. The number of rotatable bonds is 8. The van der Waals surface area contributed by atoms with Gasteiger partial charge in [-0.3, -0.25) is 15.5 Å². The van der Waals surface area contributed by atoms with Crippen LogP contribution in [0.15, 0.2) is 72.8 Å². The lowest BCUT2D eigenvalue weighted by Gasteiger charge is -2.15. The quantitative estimate of drug-likeness (QED) is 0.232. The summed E-state index contributed by atoms with van der Waals surface area (Å²) in [5.74, 6) is 0.433. The second-order valence-electron chi connectivity index (χ2n) is 8.15. The third-order valence-corrected chi connectivity index (χ3v) is 5.29. The fourth-order valence-corrected chi connectivity index (χ4v) is 3.24. The van der Waals surface area contributed by atoms with Crippen LogP contribution in [0.5, 0.6) is 11.5 Å². The number of benzene rings is 3. The lowest BCUT2D eigenvalue weighted by atomic mass is 10.1. The van der Waals surface area contributed by atoms with Crippen LogP contribution < -0.4 is 30.7 Å². The molecule has 3 rings (SSSR count). The van der Waals surface area contributed by atoms with Gasteiger partial charge in [0.1, 0.15) is 17.3 Å². The lowest BCUT2D eigenvalue weighted by molar-refractivity contribution is -0.120. The van der Waals surface area contributed by atoms with E-state index in [9.17, 15) is 14.4 Å². The Hall–Kier alpha value is -4.86. The molecule has 4 amide bonds. The van der Waals surface area contributed by atoms with Gasteiger partial charge in [-0.2, -0.15) is 0 Å². The number of amides is 4. The number of carbonyl (C=O) groups is 3. The van der Waals surface area contributed by atoms with Crippen LogP contribution in [-0.2, 0) is 4.79 Å². The normalized spacial score (nSPS) is 11.0. The van der Waals surface area contributed by atoms with Gasteiger partial charge in [-0.1, -0.05) is 29.8 Å². The second kappa shape index (κ2) is 12.7. The molecule has 1 unspecified atom stereocenters. The number of anilines is 1. The standard InChI is InChI=1S/C27H29N5O5/c1-17-4-6-19(7-5-17)18(2)30-24(33)16-29-26(34)31-21-10-8-20(9-11-21)25(28)32-27(35)37-23-14-12-22(36-3)13-15-23/h4-15,18H,16H2,1-3H3,(H,30,33)(H2,28,32,35)(H2,29,31,34). The van der Waals surface area contributed by atoms with E-state index < -0.39 is 12.1 Å². The number of carbonyl (C=O) groups excluding carboxylic acids is 3. The summed E-state index contributed by atoms with van der Waals surface area (Å²) in [4.78, 5) is 36.4. The molecule has 3 aromatic carbocycles. The van der Waals surface area contributed by atoms with Crippen molar-refractivity contribution in [3.8, 4) is 11.5 Å². The maximum absolute atomic E-state index is 12.2. The highest BCUT2D eigenvalue weighted by molar-refractivity contribution is 6.05. The van der Waals surface area contributed by atoms with Crippen LogP contribution in [0, 0.1) is 12.3 Å². The largest absolute Gasteiger partial charge is 0.497 e. The van der Waals surface area contributed by atoms with Gasteiger partial charge >= 0.3 is 12.1 Å². The van der Waals surface area contributed by atoms with Crippen molar-refractivity contribution in [3.05, 3.63) is 89.5 Å². The SMILES string of the molecule is COc1ccc(OC(=O)NC(=N)c2ccc(NC(=O)NCC(=O)NC(C)c3ccc(C)cc3)cc2)cc1. The molecule has 0 saturated heterocycles. The predicted molar refractivity (Wildman–Crippen MR) is 140 cm³/mol. The molecule has 0 spiro atoms. The van der Waals surface area contributed by atoms with Crippen molar-refractivity contribution in [3.63, 3.8) is 0 Å². The average molecular weight is 504 g/mol. The molecule has 192 valence electrons. The maximum Gasteiger partial charge on any atom is 0.418 e. The maximum atomic E-state index is 12.2. The molecule has 10 heteroatoms. The number of amidine groups is 1. The van der Waals surface area contributed by atoms with E-state index in [2.05, 4.69) is 21.3 Å². The van der Waals surface area contributed by atoms with Crippen LogP contribution in [0.4, 0.5) is 15.3 Å². The minimum absolute atomic E-state index is 0.172. The highest BCUT2D eigenvalue weighted by atomic mass is 16.6. The first kappa shape index (κ1) is 26.7. The fraction of sp³-hybridized carbons (Fsp3) is 0.185. The molecule has 3 aromatic rings. The van der Waals surface area contributed by atoms with Gasteiger partial charge < -0.3 is 25.4 Å². The Morgan fingerprint density at radius 2 is 1.51 bits per heavy atom. The third kappa shape index (κ3) is 8.39. The highest BCUT2D eigenvalue weighted by Gasteiger charge is 2.12. The molecule has 0 aromatic heterocycles. The van der Waals surface area contributed by atoms with Crippen molar-refractivity contribution >= 4 is 29.6 Å². The summed E-state index contributed by atoms with van der Waals surface area (Å²) in [6.07, 6.45) is -0.813. The number of aryl methyl sites for hydroxylation is 1. The summed E-state index contributed by atoms with van der Waals surface area (Å²) in [5.41, 5.74) is 2.96. The molecule has 0 aliphatic heterocycles. The van der Waals surface area contributed by atoms with Crippen molar-refractivity contribution in [2.45, 2.75) is 19.9 Å². The Morgan fingerprint density at radius 3 is 2.14 bits per heavy atom. The van der Waals surface area contributed by atoms with Crippen molar-refractivity contribution in [2.75, 3.05) is 19.0 Å². The Bertz CT molecular complexity index is 1240. The summed E-state index contributed by atoms with van der Waals surface area (Å²) in [6.45, 7) is 3.67. The zero-order valence-corrected chi connectivity index (χ0v) is 20.8. The first-order chi connectivity index (χ1) is 17.7. The second-order valence-corrected chi connectivity index (χ2v) is 8.15. The van der Waals surface area contributed by atoms with Crippen LogP contribution in [0.1, 0.15) is 29.7 Å². The number of urea groups is 1. The molecule has 0 bridgehead atoms. The van der Waals surface area contributed by atoms with Gasteiger partial charge in [0, 0.05) is 11.3 Å². The molecule has 5 N–H and O–H groups in total. The van der Waals surface area contributed by atoms with Gasteiger partial charge in [0.15, 0.2) is 0 Å². The van der Waals surface area contributed by atoms with E-state index in [0.29, 0.717) is 22.7 Å². The molecule has 0 saturated carbocycles. The summed E-state index contributed by atoms with van der Waals surface area (Å²) in [7, 11) is 1.53. The van der Waals surface area contributed by atoms with Crippen LogP contribution in [-0.4, -0.2) is 37.5 Å². The van der Waals surface area contributed by atoms with Gasteiger partial charge in [0.25, 0.3) is 0 Å². The minimum atomic E-state index is -0.813. The first-order valence-electron chi connectivity index (χ1n) is 11.5. The zero-order valence-electron chi connectivity index (χ0n) is 20.8. The molecule has 0 heterocycles. The summed E-state index contributed by atoms with van der Waals surface area (Å²) in [5, 5.41) is 18.4. The number of hydrogen-bond acceptors (Lipinski definition) is 6. The Kier molecular flexibility index (Phi) is 9.20. The minimum Gasteiger partial charge on any atom is -0.497 e. The topological polar surface area (TPSA) is 142 Å². The van der Waals surface area contributed by atoms with E-state index in [0.717, 1.165) is 11.1 Å². The smallest absolute Gasteiger partial charge is 0.418 e. The van der Waals surface area contributed by atoms with Gasteiger partial charge in [-0.15, -0.1) is 0 Å². The molecule has 0 radical (unpaired) electrons. The highest BCUT2D eigenvalue weighted by Crippen LogP contribution is 2.17. The van der Waals surface area contributed by atoms with Crippen LogP contribution in [0.25, 0.3) is 0 Å². The van der Waals surface area contributed by atoms with Gasteiger partial charge in [0.2, 0.25) is 5.91 Å². The van der Waals surface area contributed by atoms with Gasteiger partial charge in [0.05, 0.1) is 19.7 Å². The molecular formula is C27H29N5O5. The third-order valence-electron chi connectivity index (χ3n) is 5.29. The van der Waals surface area contributed by atoms with E-state index in [-0.39, 0.29) is 24.3 Å². The van der Waals surface area contributed by atoms with Crippen LogP contribution >= 0.6 is 0 Å². The lowest BCUT2D eigenvalue weighted by Crippen LogP contribution is -2.39. The number of nitrogens with one attached hydrogen (secondary N) is 5. The fourth-order valence-electron chi connectivity index (χ4n) is 3.24. The zero-order chi connectivity index (χ0) is 26.8. The monoisotopic (exact) mass is 503 g/mol. The molecule has 1 atom stereocenters. The Labute approximate surface area is 214 Å². The van der Waals surface area contributed by atoms with Crippen molar-refractivity contribution in [1.29, 1.82) is 5.41 Å². The van der Waals surface area contributed by atoms with E-state index in [1.807, 2.05) is 38.1 Å². The predicted octanol–water partition coefficient (Wildman–Crippen LogP) is 4.12. The Morgan fingerprint density at radius 1 is 0.892 bits per heavy atom. The molecular weight excluding hydrogens is 474 g/mol. The summed E-state index contributed by atoms with van der Waals surface area (Å²) < 4.78 is 10.2. The van der Waals surface area contributed by atoms with Crippen molar-refractivity contribution in [1.82, 2.24) is 16.0 Å². The number of methoxy groups -OCH3 is 1. The average Bonchev–Trinajstić information content (AvgIpc) is 2.88. The number of ether oxygens (including phenoxy) is 2. The van der Waals surface area contributed by atoms with Gasteiger partial charge in [-0.25, -0.2) is 9.59 Å². The van der Waals surface area contributed by atoms with Crippen molar-refractivity contribution in [2.24, 2.45) is 0 Å². The van der Waals surface area contributed by atoms with Crippen LogP contribution in [0.2, 0.25) is 0 Å². The summed E-state index contributed by atoms with van der Waals surface area (Å²) >= 11 is 0. The van der Waals surface area contributed by atoms with Crippen LogP contribution in [0.3, 0.4) is 0 Å². The van der Waals surface area contributed by atoms with E-state index in [1.165, 1.54) is 7.11 Å². The first-order valence-corrected chi connectivity index (χ1v) is 11.5. The van der Waals surface area contributed by atoms with E-state index in [4.69, 9.17) is 14.9 Å². The summed E-state index contributed by atoms with van der Waals surface area (Å²) in [6, 6.07) is 19.8. The van der Waals surface area contributed by atoms with Gasteiger partial charge in [-0.05, 0) is 67.9 Å². The van der Waals surface area contributed by atoms with Crippen molar-refractivity contribution < 1.29 is 23.9 Å². The van der Waals surface area contributed by atoms with E-state index in [1.54, 1.807) is 48.5 Å². The molecule has 37 heavy (non-hydrogen) atoms. The van der Waals surface area contributed by atoms with E-state index >= 15 is 0 Å². The molecule has 0 aliphatic carbocycles. The molecule has 10 nitrogen and oxygen atoms in total. The number of hydrogen-bond donors (Lipinski definition) is 5. The molecule has 0 aliphatic rings. The Balaban J connectivity index is 1.41.